The standard InChI is InChI=1S/C19H21N3O4/c1-25-14-5-2-4-12(10-14)17-11-15(21-26-17)19(24)22-9-3-6-16(22)18(23)20-13-7-8-13/h2,4-5,10-11,13,16H,3,6-9H2,1H3,(H,20,23)/t16-/m1/s1. The maximum Gasteiger partial charge on any atom is 0.276 e. The molecule has 2 amide bonds. The van der Waals surface area contributed by atoms with Gasteiger partial charge in [0.15, 0.2) is 11.5 Å². The number of hydrogen-bond donors (Lipinski definition) is 1. The SMILES string of the molecule is COc1cccc(-c2cc(C(=O)N3CCC[C@@H]3C(=O)NC3CC3)no2)c1. The summed E-state index contributed by atoms with van der Waals surface area (Å²) in [6, 6.07) is 8.84. The molecule has 2 heterocycles. The molecule has 2 aliphatic rings. The van der Waals surface area contributed by atoms with Gasteiger partial charge in [-0.05, 0) is 37.8 Å². The van der Waals surface area contributed by atoms with Crippen LogP contribution < -0.4 is 10.1 Å². The first-order valence-corrected chi connectivity index (χ1v) is 8.88. The molecule has 7 nitrogen and oxygen atoms in total. The molecule has 1 aliphatic carbocycles. The zero-order chi connectivity index (χ0) is 18.1. The van der Waals surface area contributed by atoms with E-state index in [1.54, 1.807) is 18.1 Å². The second kappa shape index (κ2) is 6.82. The van der Waals surface area contributed by atoms with Crippen molar-refractivity contribution < 1.29 is 18.8 Å². The van der Waals surface area contributed by atoms with Crippen LogP contribution in [0.2, 0.25) is 0 Å². The molecule has 0 radical (unpaired) electrons. The molecule has 1 saturated carbocycles. The number of nitrogens with one attached hydrogen (secondary N) is 1. The third-order valence-corrected chi connectivity index (χ3v) is 4.82. The quantitative estimate of drug-likeness (QED) is 0.889. The van der Waals surface area contributed by atoms with Gasteiger partial charge in [-0.15, -0.1) is 0 Å². The predicted molar refractivity (Wildman–Crippen MR) is 93.7 cm³/mol. The first-order valence-electron chi connectivity index (χ1n) is 8.88. The molecule has 0 bridgehead atoms. The zero-order valence-electron chi connectivity index (χ0n) is 14.6. The average molecular weight is 355 g/mol. The summed E-state index contributed by atoms with van der Waals surface area (Å²) in [5, 5.41) is 6.91. The third kappa shape index (κ3) is 3.29. The van der Waals surface area contributed by atoms with Crippen molar-refractivity contribution in [2.24, 2.45) is 0 Å². The summed E-state index contributed by atoms with van der Waals surface area (Å²) in [7, 11) is 1.59. The highest BCUT2D eigenvalue weighted by Crippen LogP contribution is 2.27. The van der Waals surface area contributed by atoms with Crippen LogP contribution in [0.1, 0.15) is 36.2 Å². The Bertz CT molecular complexity index is 828. The first kappa shape index (κ1) is 16.6. The summed E-state index contributed by atoms with van der Waals surface area (Å²) in [6.45, 7) is 0.558. The second-order valence-electron chi connectivity index (χ2n) is 6.75. The number of likely N-dealkylation sites (tertiary alicyclic amines) is 1. The van der Waals surface area contributed by atoms with Crippen LogP contribution in [-0.2, 0) is 4.79 Å². The molecule has 2 fully saturated rings. The van der Waals surface area contributed by atoms with Gasteiger partial charge in [-0.3, -0.25) is 9.59 Å². The molecule has 1 atom stereocenters. The fourth-order valence-electron chi connectivity index (χ4n) is 3.24. The van der Waals surface area contributed by atoms with Crippen LogP contribution in [0.25, 0.3) is 11.3 Å². The van der Waals surface area contributed by atoms with Gasteiger partial charge in [0.1, 0.15) is 11.8 Å². The lowest BCUT2D eigenvalue weighted by molar-refractivity contribution is -0.125. The highest BCUT2D eigenvalue weighted by Gasteiger charge is 2.37. The number of amides is 2. The van der Waals surface area contributed by atoms with E-state index in [4.69, 9.17) is 9.26 Å². The summed E-state index contributed by atoms with van der Waals surface area (Å²) in [6.07, 6.45) is 3.55. The molecule has 2 aromatic rings. The Morgan fingerprint density at radius 2 is 2.12 bits per heavy atom. The van der Waals surface area contributed by atoms with Crippen LogP contribution in [-0.4, -0.2) is 47.6 Å². The van der Waals surface area contributed by atoms with E-state index in [2.05, 4.69) is 10.5 Å². The van der Waals surface area contributed by atoms with Gasteiger partial charge in [0.25, 0.3) is 5.91 Å². The van der Waals surface area contributed by atoms with E-state index in [0.29, 0.717) is 24.5 Å². The number of benzene rings is 1. The van der Waals surface area contributed by atoms with Crippen molar-refractivity contribution in [3.8, 4) is 17.1 Å². The van der Waals surface area contributed by atoms with E-state index >= 15 is 0 Å². The van der Waals surface area contributed by atoms with Crippen LogP contribution in [0.4, 0.5) is 0 Å². The number of methoxy groups -OCH3 is 1. The second-order valence-corrected chi connectivity index (χ2v) is 6.75. The summed E-state index contributed by atoms with van der Waals surface area (Å²) < 4.78 is 10.6. The fraction of sp³-hybridized carbons (Fsp3) is 0.421. The molecular weight excluding hydrogens is 334 g/mol. The van der Waals surface area contributed by atoms with Crippen molar-refractivity contribution in [3.05, 3.63) is 36.0 Å². The van der Waals surface area contributed by atoms with E-state index in [9.17, 15) is 9.59 Å². The van der Waals surface area contributed by atoms with Crippen molar-refractivity contribution in [2.45, 2.75) is 37.8 Å². The summed E-state index contributed by atoms with van der Waals surface area (Å²) in [4.78, 5) is 26.8. The minimum absolute atomic E-state index is 0.0603. The topological polar surface area (TPSA) is 84.7 Å². The molecule has 1 aliphatic heterocycles. The van der Waals surface area contributed by atoms with Gasteiger partial charge in [0.05, 0.1) is 7.11 Å². The Kier molecular flexibility index (Phi) is 4.36. The molecule has 1 aromatic heterocycles. The van der Waals surface area contributed by atoms with Crippen LogP contribution in [0.5, 0.6) is 5.75 Å². The molecule has 7 heteroatoms. The Morgan fingerprint density at radius 1 is 1.27 bits per heavy atom. The smallest absolute Gasteiger partial charge is 0.276 e. The van der Waals surface area contributed by atoms with Crippen molar-refractivity contribution in [2.75, 3.05) is 13.7 Å². The van der Waals surface area contributed by atoms with E-state index in [-0.39, 0.29) is 23.6 Å². The lowest BCUT2D eigenvalue weighted by atomic mass is 10.1. The fourth-order valence-corrected chi connectivity index (χ4v) is 3.24. The largest absolute Gasteiger partial charge is 0.497 e. The van der Waals surface area contributed by atoms with Gasteiger partial charge >= 0.3 is 0 Å². The Labute approximate surface area is 151 Å². The van der Waals surface area contributed by atoms with Gasteiger partial charge in [0.2, 0.25) is 5.91 Å². The van der Waals surface area contributed by atoms with Crippen molar-refractivity contribution in [1.29, 1.82) is 0 Å². The summed E-state index contributed by atoms with van der Waals surface area (Å²) >= 11 is 0. The van der Waals surface area contributed by atoms with Gasteiger partial charge < -0.3 is 19.5 Å². The van der Waals surface area contributed by atoms with Crippen molar-refractivity contribution in [3.63, 3.8) is 0 Å². The molecule has 0 unspecified atom stereocenters. The zero-order valence-corrected chi connectivity index (χ0v) is 14.6. The van der Waals surface area contributed by atoms with E-state index < -0.39 is 6.04 Å². The minimum Gasteiger partial charge on any atom is -0.497 e. The van der Waals surface area contributed by atoms with Gasteiger partial charge in [0, 0.05) is 24.2 Å². The number of nitrogens with zero attached hydrogens (tertiary/aromatic N) is 2. The van der Waals surface area contributed by atoms with E-state index in [1.165, 1.54) is 0 Å². The average Bonchev–Trinajstić information content (AvgIpc) is 3.16. The number of hydrogen-bond acceptors (Lipinski definition) is 5. The Balaban J connectivity index is 1.50. The lowest BCUT2D eigenvalue weighted by Gasteiger charge is -2.22. The molecule has 1 saturated heterocycles. The molecule has 136 valence electrons. The maximum absolute atomic E-state index is 12.8. The monoisotopic (exact) mass is 355 g/mol. The number of ether oxygens (including phenoxy) is 1. The Hall–Kier alpha value is -2.83. The Morgan fingerprint density at radius 3 is 2.88 bits per heavy atom. The molecule has 0 spiro atoms. The predicted octanol–water partition coefficient (Wildman–Crippen LogP) is 2.23. The molecular formula is C19H21N3O4. The number of aromatic nitrogens is 1. The van der Waals surface area contributed by atoms with E-state index in [0.717, 1.165) is 24.8 Å². The van der Waals surface area contributed by atoms with E-state index in [1.807, 2.05) is 24.3 Å². The maximum atomic E-state index is 12.8. The van der Waals surface area contributed by atoms with Gasteiger partial charge in [-0.25, -0.2) is 0 Å². The number of carbonyl (C=O) groups excluding carboxylic acids is 2. The minimum atomic E-state index is -0.417. The van der Waals surface area contributed by atoms with Gasteiger partial charge in [-0.1, -0.05) is 17.3 Å². The van der Waals surface area contributed by atoms with Crippen LogP contribution in [0.3, 0.4) is 0 Å². The summed E-state index contributed by atoms with van der Waals surface area (Å²) in [5.41, 5.74) is 0.995. The summed E-state index contributed by atoms with van der Waals surface area (Å²) in [5.74, 6) is 0.861. The first-order chi connectivity index (χ1) is 12.7. The number of rotatable bonds is 5. The van der Waals surface area contributed by atoms with Crippen LogP contribution in [0.15, 0.2) is 34.9 Å². The highest BCUT2D eigenvalue weighted by atomic mass is 16.5. The normalized spacial score (nSPS) is 19.4. The van der Waals surface area contributed by atoms with Crippen molar-refractivity contribution >= 4 is 11.8 Å². The third-order valence-electron chi connectivity index (χ3n) is 4.82. The lowest BCUT2D eigenvalue weighted by Crippen LogP contribution is -2.46. The van der Waals surface area contributed by atoms with Crippen LogP contribution >= 0.6 is 0 Å². The molecule has 1 N–H and O–H groups in total. The van der Waals surface area contributed by atoms with Gasteiger partial charge in [-0.2, -0.15) is 0 Å². The highest BCUT2D eigenvalue weighted by molar-refractivity contribution is 5.97. The molecule has 4 rings (SSSR count). The van der Waals surface area contributed by atoms with Crippen LogP contribution in [0, 0.1) is 0 Å². The van der Waals surface area contributed by atoms with Crippen molar-refractivity contribution in [1.82, 2.24) is 15.4 Å². The molecule has 1 aromatic carbocycles. The molecule has 26 heavy (non-hydrogen) atoms. The number of carbonyl (C=O) groups is 2.